The summed E-state index contributed by atoms with van der Waals surface area (Å²) in [6.07, 6.45) is -10.2. The van der Waals surface area contributed by atoms with Crippen LogP contribution in [0.5, 0.6) is 0 Å². The number of aliphatic hydroxyl groups is 2. The average molecular weight is 673 g/mol. The minimum absolute atomic E-state index is 0.0397. The van der Waals surface area contributed by atoms with Gasteiger partial charge in [0.15, 0.2) is 34.8 Å². The summed E-state index contributed by atoms with van der Waals surface area (Å²) in [7, 11) is -10.7. The number of rotatable bonds is 2. The SMILES string of the molecule is Nc1nc2c(ncn2[C@@H]2O[C@@H]3COP(=O)([O-])OC4[C@@H](COP(=O)([O-])O[C@@H]3C2O)O[C@@H](n2cnc3c(=O)[nH]cnc32)[C@H]4O)c(=O)[nH]1. The van der Waals surface area contributed by atoms with E-state index in [9.17, 15) is 38.7 Å². The Kier molecular flexibility index (Phi) is 7.27. The number of nitrogens with zero attached hydrogens (tertiary/aromatic N) is 6. The number of hydrogen-bond acceptors (Lipinski definition) is 19. The topological polar surface area (TPSA) is 329 Å². The van der Waals surface area contributed by atoms with Gasteiger partial charge in [-0.05, 0) is 0 Å². The summed E-state index contributed by atoms with van der Waals surface area (Å²) in [6.45, 7) is -1.88. The van der Waals surface area contributed by atoms with Crippen molar-refractivity contribution in [3.05, 3.63) is 39.7 Å². The molecule has 0 aromatic carbocycles. The van der Waals surface area contributed by atoms with E-state index in [2.05, 4.69) is 29.9 Å². The standard InChI is InChI=1S/C20H23N9O14P2/c21-20-26-15-9(17(33)27-20)25-5-29(15)19-11(31)13-7(41-19)2-39-44(34,35)42-12-6(1-38-45(36,37)43-13)40-18(10(12)30)28-4-24-8-14(28)22-3-23-16(8)32/h3-7,10-13,18-19,30-31H,1-2H2,(H,34,35)(H,36,37)(H,22,23,32)(H3,21,26,27,33)/p-2/t6-,7-,10+,11?,12?,13+,18-,19-/m1/s1. The highest BCUT2D eigenvalue weighted by Gasteiger charge is 2.51. The van der Waals surface area contributed by atoms with Crippen molar-refractivity contribution in [2.45, 2.75) is 49.1 Å². The molecule has 3 fully saturated rings. The van der Waals surface area contributed by atoms with Gasteiger partial charge < -0.3 is 58.3 Å². The third kappa shape index (κ3) is 5.31. The lowest BCUT2D eigenvalue weighted by molar-refractivity contribution is -0.244. The van der Waals surface area contributed by atoms with E-state index < -0.39 is 89.1 Å². The van der Waals surface area contributed by atoms with Crippen molar-refractivity contribution in [3.8, 4) is 0 Å². The van der Waals surface area contributed by atoms with Gasteiger partial charge in [0, 0.05) is 0 Å². The number of nitrogens with one attached hydrogen (secondary N) is 2. The van der Waals surface area contributed by atoms with Gasteiger partial charge in [-0.15, -0.1) is 0 Å². The van der Waals surface area contributed by atoms with Gasteiger partial charge in [0.1, 0.15) is 36.6 Å². The zero-order chi connectivity index (χ0) is 31.8. The molecule has 4 aromatic rings. The first-order valence-corrected chi connectivity index (χ1v) is 15.8. The maximum absolute atomic E-state index is 12.9. The van der Waals surface area contributed by atoms with Crippen molar-refractivity contribution >= 4 is 43.9 Å². The van der Waals surface area contributed by atoms with E-state index in [0.717, 1.165) is 28.1 Å². The van der Waals surface area contributed by atoms with E-state index in [0.29, 0.717) is 0 Å². The van der Waals surface area contributed by atoms with Crippen LogP contribution in [-0.4, -0.2) is 99.1 Å². The molecule has 242 valence electrons. The number of hydrogen-bond donors (Lipinski definition) is 5. The van der Waals surface area contributed by atoms with Gasteiger partial charge in [-0.3, -0.25) is 32.8 Å². The van der Waals surface area contributed by atoms with Gasteiger partial charge in [0.05, 0.1) is 32.2 Å². The molecule has 0 radical (unpaired) electrons. The summed E-state index contributed by atoms with van der Waals surface area (Å²) in [5.74, 6) is -0.293. The summed E-state index contributed by atoms with van der Waals surface area (Å²) in [5.41, 5.74) is 3.81. The number of H-pyrrole nitrogens is 2. The lowest BCUT2D eigenvalue weighted by Gasteiger charge is -2.34. The van der Waals surface area contributed by atoms with E-state index in [-0.39, 0.29) is 28.3 Å². The summed E-state index contributed by atoms with van der Waals surface area (Å²) in [4.78, 5) is 70.4. The first kappa shape index (κ1) is 30.2. The highest BCUT2D eigenvalue weighted by Crippen LogP contribution is 2.50. The van der Waals surface area contributed by atoms with E-state index >= 15 is 0 Å². The Morgan fingerprint density at radius 2 is 1.36 bits per heavy atom. The van der Waals surface area contributed by atoms with Crippen LogP contribution in [0.15, 0.2) is 28.6 Å². The van der Waals surface area contributed by atoms with Gasteiger partial charge in [0.25, 0.3) is 26.8 Å². The normalized spacial score (nSPS) is 37.7. The average Bonchev–Trinajstić information content (AvgIpc) is 3.72. The van der Waals surface area contributed by atoms with Crippen LogP contribution >= 0.6 is 15.6 Å². The van der Waals surface area contributed by atoms with Crippen LogP contribution in [0.25, 0.3) is 22.3 Å². The lowest BCUT2D eigenvalue weighted by Crippen LogP contribution is -2.41. The minimum Gasteiger partial charge on any atom is -0.756 e. The number of nitrogens with two attached hydrogens (primary N) is 1. The molecule has 4 aromatic heterocycles. The monoisotopic (exact) mass is 673 g/mol. The smallest absolute Gasteiger partial charge is 0.280 e. The number of fused-ring (bicyclic) bond motifs is 4. The van der Waals surface area contributed by atoms with Crippen molar-refractivity contribution in [2.24, 2.45) is 0 Å². The van der Waals surface area contributed by atoms with E-state index in [1.54, 1.807) is 0 Å². The van der Waals surface area contributed by atoms with Crippen LogP contribution in [0, 0.1) is 0 Å². The molecule has 6 N–H and O–H groups in total. The number of aliphatic hydroxyl groups excluding tert-OH is 2. The molecular formula is C20H21N9O14P2-2. The lowest BCUT2D eigenvalue weighted by atomic mass is 10.1. The number of nitrogen functional groups attached to an aromatic ring is 1. The molecule has 10 atom stereocenters. The van der Waals surface area contributed by atoms with Crippen molar-refractivity contribution < 1.29 is 56.7 Å². The molecule has 0 amide bonds. The molecule has 7 rings (SSSR count). The minimum atomic E-state index is -5.34. The van der Waals surface area contributed by atoms with Gasteiger partial charge in [-0.2, -0.15) is 4.98 Å². The molecular weight excluding hydrogens is 652 g/mol. The van der Waals surface area contributed by atoms with Gasteiger partial charge in [-0.1, -0.05) is 0 Å². The Labute approximate surface area is 247 Å². The number of ether oxygens (including phenoxy) is 2. The first-order chi connectivity index (χ1) is 21.3. The highest BCUT2D eigenvalue weighted by molar-refractivity contribution is 7.46. The Morgan fingerprint density at radius 1 is 0.844 bits per heavy atom. The number of aromatic amines is 2. The number of phosphoric acid groups is 2. The molecule has 0 aliphatic carbocycles. The second-order valence-electron chi connectivity index (χ2n) is 10.1. The van der Waals surface area contributed by atoms with Crippen molar-refractivity contribution in [1.82, 2.24) is 39.0 Å². The number of phosphoric ester groups is 2. The predicted molar refractivity (Wildman–Crippen MR) is 137 cm³/mol. The van der Waals surface area contributed by atoms with E-state index in [1.165, 1.54) is 0 Å². The molecule has 0 spiro atoms. The molecule has 7 heterocycles. The van der Waals surface area contributed by atoms with E-state index in [4.69, 9.17) is 33.3 Å². The van der Waals surface area contributed by atoms with Crippen LogP contribution < -0.4 is 26.6 Å². The number of imidazole rings is 2. The molecule has 0 saturated carbocycles. The highest BCUT2D eigenvalue weighted by atomic mass is 31.2. The van der Waals surface area contributed by atoms with Crippen LogP contribution in [-0.2, 0) is 36.7 Å². The van der Waals surface area contributed by atoms with Gasteiger partial charge in [-0.25, -0.2) is 15.0 Å². The van der Waals surface area contributed by atoms with Crippen LogP contribution in [0.1, 0.15) is 12.5 Å². The molecule has 4 unspecified atom stereocenters. The molecule has 23 nitrogen and oxygen atoms in total. The van der Waals surface area contributed by atoms with E-state index in [1.807, 2.05) is 0 Å². The summed E-state index contributed by atoms with van der Waals surface area (Å²) in [5, 5.41) is 22.1. The van der Waals surface area contributed by atoms with Crippen LogP contribution in [0.3, 0.4) is 0 Å². The summed E-state index contributed by atoms with van der Waals surface area (Å²) >= 11 is 0. The zero-order valence-electron chi connectivity index (χ0n) is 22.2. The largest absolute Gasteiger partial charge is 0.756 e. The molecule has 25 heteroatoms. The molecule has 0 bridgehead atoms. The fourth-order valence-corrected chi connectivity index (χ4v) is 7.19. The quantitative estimate of drug-likeness (QED) is 0.127. The van der Waals surface area contributed by atoms with Crippen LogP contribution in [0.2, 0.25) is 0 Å². The molecule has 45 heavy (non-hydrogen) atoms. The summed E-state index contributed by atoms with van der Waals surface area (Å²) < 4.78 is 59.6. The maximum Gasteiger partial charge on any atom is 0.280 e. The third-order valence-corrected chi connectivity index (χ3v) is 9.21. The Bertz CT molecular complexity index is 2000. The van der Waals surface area contributed by atoms with Crippen molar-refractivity contribution in [1.29, 1.82) is 0 Å². The Hall–Kier alpha value is -3.44. The maximum atomic E-state index is 12.9. The molecule has 3 aliphatic rings. The number of anilines is 1. The Morgan fingerprint density at radius 3 is 1.91 bits per heavy atom. The molecule has 3 aliphatic heterocycles. The second-order valence-corrected chi connectivity index (χ2v) is 12.8. The zero-order valence-corrected chi connectivity index (χ0v) is 24.0. The predicted octanol–water partition coefficient (Wildman–Crippen LogP) is -3.89. The second kappa shape index (κ2) is 10.8. The Balaban J connectivity index is 1.17. The van der Waals surface area contributed by atoms with Crippen molar-refractivity contribution in [3.63, 3.8) is 0 Å². The van der Waals surface area contributed by atoms with Gasteiger partial charge >= 0.3 is 0 Å². The van der Waals surface area contributed by atoms with Gasteiger partial charge in [0.2, 0.25) is 5.95 Å². The number of aromatic nitrogens is 8. The fraction of sp³-hybridized carbons (Fsp3) is 0.500. The van der Waals surface area contributed by atoms with Crippen molar-refractivity contribution in [2.75, 3.05) is 18.9 Å². The first-order valence-electron chi connectivity index (χ1n) is 12.9. The summed E-state index contributed by atoms with van der Waals surface area (Å²) in [6, 6.07) is 0. The molecule has 3 saturated heterocycles. The fourth-order valence-electron chi connectivity index (χ4n) is 5.29. The third-order valence-electron chi connectivity index (χ3n) is 7.28. The van der Waals surface area contributed by atoms with Crippen LogP contribution in [0.4, 0.5) is 5.95 Å².